The molecule has 0 saturated carbocycles. The van der Waals surface area contributed by atoms with Crippen LogP contribution in [0.2, 0.25) is 0 Å². The Morgan fingerprint density at radius 1 is 0.864 bits per heavy atom. The van der Waals surface area contributed by atoms with E-state index in [0.29, 0.717) is 0 Å². The van der Waals surface area contributed by atoms with E-state index in [-0.39, 0.29) is 84.2 Å². The molecular formula is C17H37Cl2NSiTi-10. The average Bonchev–Trinajstić information content (AvgIpc) is 2.87. The second-order valence-electron chi connectivity index (χ2n) is 1.82. The molecule has 0 atom stereocenters. The molecule has 0 aliphatic heterocycles. The first kappa shape index (κ1) is 79.3. The van der Waals surface area contributed by atoms with E-state index >= 15 is 0 Å². The first-order valence-electron chi connectivity index (χ1n) is 3.56. The van der Waals surface area contributed by atoms with E-state index in [9.17, 15) is 0 Å². The van der Waals surface area contributed by atoms with Gasteiger partial charge in [0.1, 0.15) is 0 Å². The van der Waals surface area contributed by atoms with Crippen LogP contribution in [0.25, 0.3) is 0 Å². The largest absolute Gasteiger partial charge is 0.484 e. The van der Waals surface area contributed by atoms with Gasteiger partial charge in [-0.15, -0.1) is 37.4 Å². The van der Waals surface area contributed by atoms with Crippen molar-refractivity contribution in [2.75, 3.05) is 0 Å². The molecule has 5 heteroatoms. The number of H-pyrrole nitrogens is 1. The molecule has 1 aliphatic carbocycles. The Hall–Kier alpha value is 0.271. The monoisotopic (exact) mass is 401 g/mol. The Balaban J connectivity index is -0.00000000780. The molecule has 1 heterocycles. The van der Waals surface area contributed by atoms with Crippen molar-refractivity contribution in [3.63, 3.8) is 0 Å². The van der Waals surface area contributed by atoms with Crippen LogP contribution >= 0.6 is 24.8 Å². The van der Waals surface area contributed by atoms with E-state index in [1.165, 1.54) is 0 Å². The van der Waals surface area contributed by atoms with Crippen LogP contribution < -0.4 is 0 Å². The molecule has 1 aromatic rings. The summed E-state index contributed by atoms with van der Waals surface area (Å²) >= 11 is 2.03. The summed E-state index contributed by atoms with van der Waals surface area (Å²) in [7, 11) is 1.86. The summed E-state index contributed by atoms with van der Waals surface area (Å²) in [6.45, 7) is 0. The molecule has 0 bridgehead atoms. The van der Waals surface area contributed by atoms with E-state index < -0.39 is 0 Å². The molecule has 0 spiro atoms. The molecule has 1 nitrogen and oxygen atoms in total. The SMILES string of the molecule is Cl.Cl.[C-]1=CC=CC1.[CH3-].[CH3-].[CH3-].[CH3-].[CH3-].[CH3-].[CH3-].[CH3-].[SiH2]=[Ti].[c-]1ccc[nH]1. The number of aromatic nitrogens is 1. The van der Waals surface area contributed by atoms with Crippen LogP contribution in [-0.4, -0.2) is 12.6 Å². The van der Waals surface area contributed by atoms with Crippen LogP contribution in [-0.2, 0) is 19.2 Å². The number of halogens is 2. The maximum Gasteiger partial charge on any atom is -0.108 e. The molecule has 0 aromatic carbocycles. The molecule has 0 unspecified atom stereocenters. The van der Waals surface area contributed by atoms with Gasteiger partial charge in [0.2, 0.25) is 0 Å². The second kappa shape index (κ2) is 82.9. The topological polar surface area (TPSA) is 15.8 Å². The average molecular weight is 402 g/mol. The predicted octanol–water partition coefficient (Wildman–Crippen LogP) is 5.65. The van der Waals surface area contributed by atoms with E-state index in [1.807, 2.05) is 57.3 Å². The minimum atomic E-state index is 0. The van der Waals surface area contributed by atoms with Crippen molar-refractivity contribution >= 4 is 32.4 Å². The Kier molecular flexibility index (Phi) is 299. The van der Waals surface area contributed by atoms with Crippen molar-refractivity contribution in [1.29, 1.82) is 0 Å². The molecule has 0 saturated heterocycles. The van der Waals surface area contributed by atoms with Gasteiger partial charge >= 0.3 is 26.8 Å². The number of hydrogen-bond acceptors (Lipinski definition) is 0. The molecule has 0 amide bonds. The van der Waals surface area contributed by atoms with Crippen molar-refractivity contribution in [1.82, 2.24) is 4.98 Å². The second-order valence-corrected chi connectivity index (χ2v) is 1.82. The van der Waals surface area contributed by atoms with Gasteiger partial charge < -0.3 is 64.4 Å². The van der Waals surface area contributed by atoms with E-state index in [2.05, 4.69) is 23.3 Å². The third kappa shape index (κ3) is 71.4. The van der Waals surface area contributed by atoms with Gasteiger partial charge in [0.15, 0.2) is 0 Å². The first-order chi connectivity index (χ1) is 6.00. The van der Waals surface area contributed by atoms with Crippen molar-refractivity contribution in [2.45, 2.75) is 6.42 Å². The molecule has 2 rings (SSSR count). The van der Waals surface area contributed by atoms with Crippen LogP contribution in [0.1, 0.15) is 6.42 Å². The number of aromatic amines is 1. The Morgan fingerprint density at radius 3 is 1.41 bits per heavy atom. The summed E-state index contributed by atoms with van der Waals surface area (Å²) in [5.41, 5.74) is 0. The number of nitrogens with one attached hydrogen (secondary N) is 1. The Morgan fingerprint density at radius 2 is 1.32 bits per heavy atom. The van der Waals surface area contributed by atoms with Crippen molar-refractivity contribution in [3.8, 4) is 0 Å². The van der Waals surface area contributed by atoms with Crippen LogP contribution in [0.15, 0.2) is 36.6 Å². The number of rotatable bonds is 0. The Bertz CT molecular complexity index is 201. The van der Waals surface area contributed by atoms with Crippen molar-refractivity contribution < 1.29 is 19.2 Å². The molecule has 142 valence electrons. The number of hydrogen-bond donors (Lipinski definition) is 1. The van der Waals surface area contributed by atoms with Crippen LogP contribution in [0.4, 0.5) is 0 Å². The zero-order valence-corrected chi connectivity index (χ0v) is 20.3. The standard InChI is InChI=1S/C5H5.C4H4N.8CH3.2ClH.H2Si.Ti/c2*1-2-4-5-3-1;;;;;;;;;;;;/h1-3H,4H2;1-3,5H;8*1H3;2*1H;1H2;/q10*-1;;;;. The fourth-order valence-electron chi connectivity index (χ4n) is 0.581. The maximum atomic E-state index is 2.99. The summed E-state index contributed by atoms with van der Waals surface area (Å²) < 4.78 is 0. The summed E-state index contributed by atoms with van der Waals surface area (Å²) in [5.74, 6) is 0. The zero-order valence-electron chi connectivity index (χ0n) is 15.7. The van der Waals surface area contributed by atoms with Gasteiger partial charge in [0.25, 0.3) is 0 Å². The zero-order chi connectivity index (χ0) is 9.07. The fourth-order valence-corrected chi connectivity index (χ4v) is 0.581. The third-order valence-electron chi connectivity index (χ3n) is 1.03. The molecule has 0 radical (unpaired) electrons. The molecule has 0 fully saturated rings. The molecule has 1 aliphatic rings. The quantitative estimate of drug-likeness (QED) is 0.427. The smallest absolute Gasteiger partial charge is 0.108 e. The van der Waals surface area contributed by atoms with Crippen LogP contribution in [0.5, 0.6) is 0 Å². The minimum Gasteiger partial charge on any atom is -0.484 e. The predicted molar refractivity (Wildman–Crippen MR) is 116 cm³/mol. The van der Waals surface area contributed by atoms with Gasteiger partial charge in [-0.05, 0) is 0 Å². The van der Waals surface area contributed by atoms with Crippen molar-refractivity contribution in [2.24, 2.45) is 0 Å². The van der Waals surface area contributed by atoms with Crippen LogP contribution in [0, 0.1) is 71.7 Å². The third-order valence-corrected chi connectivity index (χ3v) is 1.03. The fraction of sp³-hybridized carbons (Fsp3) is 0.0588. The van der Waals surface area contributed by atoms with Gasteiger partial charge in [-0.2, -0.15) is 24.4 Å². The van der Waals surface area contributed by atoms with Crippen LogP contribution in [0.3, 0.4) is 0 Å². The van der Waals surface area contributed by atoms with E-state index in [1.54, 1.807) is 0 Å². The molecule has 22 heavy (non-hydrogen) atoms. The van der Waals surface area contributed by atoms with Gasteiger partial charge in [-0.1, -0.05) is 0 Å². The summed E-state index contributed by atoms with van der Waals surface area (Å²) in [4.78, 5) is 2.74. The maximum absolute atomic E-state index is 2.99. The first-order valence-corrected chi connectivity index (χ1v) is 7.58. The summed E-state index contributed by atoms with van der Waals surface area (Å²) in [6.07, 6.45) is 14.6. The van der Waals surface area contributed by atoms with Gasteiger partial charge in [-0.25, -0.2) is 12.2 Å². The van der Waals surface area contributed by atoms with Crippen molar-refractivity contribution in [3.05, 3.63) is 108 Å². The van der Waals surface area contributed by atoms with Gasteiger partial charge in [-0.3, -0.25) is 6.08 Å². The molecular weight excluding hydrogens is 365 g/mol. The molecule has 1 N–H and O–H groups in total. The Labute approximate surface area is 170 Å². The normalized spacial score (nSPS) is 5.95. The molecule has 1 aromatic heterocycles. The summed E-state index contributed by atoms with van der Waals surface area (Å²) in [5, 5.41) is 0. The van der Waals surface area contributed by atoms with E-state index in [4.69, 9.17) is 0 Å². The number of allylic oxidation sites excluding steroid dienone is 4. The van der Waals surface area contributed by atoms with Gasteiger partial charge in [0, 0.05) is 0 Å². The summed E-state index contributed by atoms with van der Waals surface area (Å²) in [6, 6.07) is 3.71. The van der Waals surface area contributed by atoms with E-state index in [0.717, 1.165) is 6.42 Å². The van der Waals surface area contributed by atoms with Gasteiger partial charge in [0.05, 0.1) is 0 Å². The minimum absolute atomic E-state index is 0.